The Labute approximate surface area is 157 Å². The highest BCUT2D eigenvalue weighted by molar-refractivity contribution is 6.31. The number of nitrogens with one attached hydrogen (secondary N) is 1. The van der Waals surface area contributed by atoms with E-state index in [1.807, 2.05) is 47.9 Å². The molecule has 0 spiro atoms. The molecule has 3 aromatic rings. The van der Waals surface area contributed by atoms with Crippen molar-refractivity contribution in [3.8, 4) is 0 Å². The summed E-state index contributed by atoms with van der Waals surface area (Å²) >= 11 is 6.08. The fourth-order valence-corrected chi connectivity index (χ4v) is 3.46. The minimum absolute atomic E-state index is 0.149. The third-order valence-electron chi connectivity index (χ3n) is 4.87. The van der Waals surface area contributed by atoms with Crippen LogP contribution in [0.5, 0.6) is 0 Å². The highest BCUT2D eigenvalue weighted by Gasteiger charge is 2.27. The van der Waals surface area contributed by atoms with Crippen molar-refractivity contribution in [2.75, 3.05) is 17.3 Å². The van der Waals surface area contributed by atoms with Gasteiger partial charge in [-0.25, -0.2) is 4.98 Å². The summed E-state index contributed by atoms with van der Waals surface area (Å²) in [6.07, 6.45) is 4.16. The molecule has 0 atom stereocenters. The number of benzene rings is 1. The molecule has 0 unspecified atom stereocenters. The van der Waals surface area contributed by atoms with Crippen LogP contribution in [0.15, 0.2) is 42.6 Å². The Hall–Kier alpha value is -2.53. The Bertz CT molecular complexity index is 960. The average molecular weight is 369 g/mol. The monoisotopic (exact) mass is 368 g/mol. The van der Waals surface area contributed by atoms with Gasteiger partial charge in [0.05, 0.1) is 11.9 Å². The summed E-state index contributed by atoms with van der Waals surface area (Å²) in [4.78, 5) is 19.4. The van der Waals surface area contributed by atoms with E-state index in [-0.39, 0.29) is 5.91 Å². The molecule has 134 valence electrons. The zero-order valence-corrected chi connectivity index (χ0v) is 15.6. The fraction of sp³-hybridized carbons (Fsp3) is 0.300. The topological polar surface area (TPSA) is 50.2 Å². The number of pyridine rings is 1. The Balaban J connectivity index is 1.57. The van der Waals surface area contributed by atoms with Gasteiger partial charge in [-0.3, -0.25) is 4.79 Å². The molecule has 2 aromatic heterocycles. The third kappa shape index (κ3) is 3.15. The van der Waals surface area contributed by atoms with Crippen molar-refractivity contribution in [2.45, 2.75) is 32.4 Å². The minimum Gasteiger partial charge on any atom is -0.357 e. The first kappa shape index (κ1) is 16.9. The Morgan fingerprint density at radius 2 is 2.12 bits per heavy atom. The molecule has 1 fully saturated rings. The second kappa shape index (κ2) is 6.65. The van der Waals surface area contributed by atoms with E-state index in [0.29, 0.717) is 29.0 Å². The predicted octanol–water partition coefficient (Wildman–Crippen LogP) is 4.56. The van der Waals surface area contributed by atoms with E-state index in [0.717, 1.165) is 16.7 Å². The molecular formula is C20H21ClN4O. The van der Waals surface area contributed by atoms with Crippen molar-refractivity contribution in [1.82, 2.24) is 9.55 Å². The zero-order chi connectivity index (χ0) is 18.3. The van der Waals surface area contributed by atoms with Gasteiger partial charge in [0.25, 0.3) is 5.91 Å². The number of carbonyl (C=O) groups is 1. The SMILES string of the molecule is CCn1c(C(=O)Nc2ccc(N(C)C3CC3)nc2)cc2cc(Cl)ccc21. The van der Waals surface area contributed by atoms with Gasteiger partial charge in [-0.05, 0) is 56.2 Å². The molecule has 1 saturated carbocycles. The standard InChI is InChI=1S/C20H21ClN4O/c1-3-25-17-8-4-14(21)10-13(17)11-18(25)20(26)23-15-5-9-19(22-12-15)24(2)16-6-7-16/h4-5,8-12,16H,3,6-7H2,1-2H3,(H,23,26). The molecule has 4 rings (SSSR count). The first-order chi connectivity index (χ1) is 12.6. The summed E-state index contributed by atoms with van der Waals surface area (Å²) in [6.45, 7) is 2.73. The number of aryl methyl sites for hydroxylation is 1. The molecule has 0 aliphatic heterocycles. The quantitative estimate of drug-likeness (QED) is 0.718. The summed E-state index contributed by atoms with van der Waals surface area (Å²) in [5.41, 5.74) is 2.31. The summed E-state index contributed by atoms with van der Waals surface area (Å²) in [5, 5.41) is 4.57. The minimum atomic E-state index is -0.149. The van der Waals surface area contributed by atoms with Gasteiger partial charge in [-0.1, -0.05) is 11.6 Å². The number of halogens is 1. The Kier molecular flexibility index (Phi) is 4.32. The smallest absolute Gasteiger partial charge is 0.272 e. The van der Waals surface area contributed by atoms with E-state index < -0.39 is 0 Å². The maximum atomic E-state index is 12.8. The zero-order valence-electron chi connectivity index (χ0n) is 14.9. The Morgan fingerprint density at radius 3 is 2.77 bits per heavy atom. The van der Waals surface area contributed by atoms with Gasteiger partial charge in [-0.15, -0.1) is 0 Å². The second-order valence-electron chi connectivity index (χ2n) is 6.68. The van der Waals surface area contributed by atoms with Crippen molar-refractivity contribution in [2.24, 2.45) is 0 Å². The molecule has 26 heavy (non-hydrogen) atoms. The van der Waals surface area contributed by atoms with Crippen LogP contribution in [0.2, 0.25) is 5.02 Å². The van der Waals surface area contributed by atoms with Gasteiger partial charge in [-0.2, -0.15) is 0 Å². The third-order valence-corrected chi connectivity index (χ3v) is 5.11. The highest BCUT2D eigenvalue weighted by atomic mass is 35.5. The number of carbonyl (C=O) groups excluding carboxylic acids is 1. The number of aromatic nitrogens is 2. The first-order valence-corrected chi connectivity index (χ1v) is 9.23. The number of rotatable bonds is 5. The molecule has 0 bridgehead atoms. The van der Waals surface area contributed by atoms with Crippen LogP contribution in [0.3, 0.4) is 0 Å². The number of anilines is 2. The maximum Gasteiger partial charge on any atom is 0.272 e. The van der Waals surface area contributed by atoms with Crippen molar-refractivity contribution >= 4 is 39.9 Å². The molecule has 6 heteroatoms. The molecule has 1 amide bonds. The summed E-state index contributed by atoms with van der Waals surface area (Å²) in [6, 6.07) is 12.0. The lowest BCUT2D eigenvalue weighted by molar-refractivity contribution is 0.101. The van der Waals surface area contributed by atoms with Gasteiger partial charge in [0.2, 0.25) is 0 Å². The summed E-state index contributed by atoms with van der Waals surface area (Å²) in [7, 11) is 2.06. The van der Waals surface area contributed by atoms with Crippen molar-refractivity contribution in [3.63, 3.8) is 0 Å². The number of hydrogen-bond donors (Lipinski definition) is 1. The summed E-state index contributed by atoms with van der Waals surface area (Å²) in [5.74, 6) is 0.784. The van der Waals surface area contributed by atoms with E-state index >= 15 is 0 Å². The average Bonchev–Trinajstić information content (AvgIpc) is 3.42. The maximum absolute atomic E-state index is 12.8. The van der Waals surface area contributed by atoms with E-state index in [1.165, 1.54) is 12.8 Å². The number of fused-ring (bicyclic) bond motifs is 1. The van der Waals surface area contributed by atoms with Crippen LogP contribution < -0.4 is 10.2 Å². The lowest BCUT2D eigenvalue weighted by atomic mass is 10.2. The van der Waals surface area contributed by atoms with E-state index in [4.69, 9.17) is 11.6 Å². The van der Waals surface area contributed by atoms with Crippen LogP contribution >= 0.6 is 11.6 Å². The Morgan fingerprint density at radius 1 is 1.31 bits per heavy atom. The van der Waals surface area contributed by atoms with Gasteiger partial charge in [0, 0.05) is 35.6 Å². The normalized spacial score (nSPS) is 13.8. The molecular weight excluding hydrogens is 348 g/mol. The summed E-state index contributed by atoms with van der Waals surface area (Å²) < 4.78 is 1.99. The largest absolute Gasteiger partial charge is 0.357 e. The van der Waals surface area contributed by atoms with Gasteiger partial charge < -0.3 is 14.8 Å². The van der Waals surface area contributed by atoms with Crippen LogP contribution in [-0.4, -0.2) is 28.5 Å². The molecule has 1 aromatic carbocycles. The first-order valence-electron chi connectivity index (χ1n) is 8.86. The van der Waals surface area contributed by atoms with Gasteiger partial charge in [0.15, 0.2) is 0 Å². The van der Waals surface area contributed by atoms with Crippen LogP contribution in [0, 0.1) is 0 Å². The lowest BCUT2D eigenvalue weighted by Crippen LogP contribution is -2.21. The van der Waals surface area contributed by atoms with Crippen molar-refractivity contribution < 1.29 is 4.79 Å². The van der Waals surface area contributed by atoms with Crippen molar-refractivity contribution in [1.29, 1.82) is 0 Å². The number of nitrogens with zero attached hydrogens (tertiary/aromatic N) is 3. The predicted molar refractivity (Wildman–Crippen MR) is 106 cm³/mol. The molecule has 2 heterocycles. The number of hydrogen-bond acceptors (Lipinski definition) is 3. The second-order valence-corrected chi connectivity index (χ2v) is 7.11. The molecule has 1 aliphatic rings. The molecule has 1 aliphatic carbocycles. The molecule has 0 radical (unpaired) electrons. The van der Waals surface area contributed by atoms with Gasteiger partial charge >= 0.3 is 0 Å². The van der Waals surface area contributed by atoms with Crippen LogP contribution in [-0.2, 0) is 6.54 Å². The van der Waals surface area contributed by atoms with Gasteiger partial charge in [0.1, 0.15) is 11.5 Å². The molecule has 1 N–H and O–H groups in total. The van der Waals surface area contributed by atoms with Crippen LogP contribution in [0.25, 0.3) is 10.9 Å². The van der Waals surface area contributed by atoms with E-state index in [2.05, 4.69) is 22.2 Å². The van der Waals surface area contributed by atoms with E-state index in [9.17, 15) is 4.79 Å². The molecule has 0 saturated heterocycles. The van der Waals surface area contributed by atoms with Crippen molar-refractivity contribution in [3.05, 3.63) is 53.3 Å². The van der Waals surface area contributed by atoms with E-state index in [1.54, 1.807) is 6.20 Å². The van der Waals surface area contributed by atoms with Crippen LogP contribution in [0.1, 0.15) is 30.3 Å². The number of amides is 1. The molecule has 5 nitrogen and oxygen atoms in total. The highest BCUT2D eigenvalue weighted by Crippen LogP contribution is 2.29. The fourth-order valence-electron chi connectivity index (χ4n) is 3.28. The van der Waals surface area contributed by atoms with Crippen LogP contribution in [0.4, 0.5) is 11.5 Å². The lowest BCUT2D eigenvalue weighted by Gasteiger charge is -2.17.